The maximum Gasteiger partial charge on any atom is 0.292 e. The fourth-order valence-electron chi connectivity index (χ4n) is 2.71. The molecule has 0 bridgehead atoms. The van der Waals surface area contributed by atoms with E-state index in [2.05, 4.69) is 10.1 Å². The number of hydrogen-bond acceptors (Lipinski definition) is 7. The van der Waals surface area contributed by atoms with E-state index in [1.54, 1.807) is 24.0 Å². The highest BCUT2D eigenvalue weighted by molar-refractivity contribution is 7.88. The topological polar surface area (TPSA) is 100 Å². The van der Waals surface area contributed by atoms with E-state index >= 15 is 0 Å². The average Bonchev–Trinajstić information content (AvgIpc) is 3.24. The van der Waals surface area contributed by atoms with Crippen molar-refractivity contribution >= 4 is 15.9 Å². The average molecular weight is 382 g/mol. The van der Waals surface area contributed by atoms with E-state index < -0.39 is 10.0 Å². The minimum Gasteiger partial charge on any atom is -0.447 e. The molecule has 10 heteroatoms. The van der Waals surface area contributed by atoms with E-state index in [1.165, 1.54) is 20.2 Å². The van der Waals surface area contributed by atoms with Crippen molar-refractivity contribution < 1.29 is 22.2 Å². The molecule has 142 valence electrons. The van der Waals surface area contributed by atoms with Crippen LogP contribution < -0.4 is 0 Å². The van der Waals surface area contributed by atoms with E-state index in [9.17, 15) is 13.2 Å². The quantitative estimate of drug-likeness (QED) is 0.753. The van der Waals surface area contributed by atoms with Crippen LogP contribution >= 0.6 is 0 Å². The van der Waals surface area contributed by atoms with Crippen LogP contribution in [0.25, 0.3) is 0 Å². The molecule has 3 heterocycles. The summed E-state index contributed by atoms with van der Waals surface area (Å²) in [4.78, 5) is 16.2. The van der Waals surface area contributed by atoms with Gasteiger partial charge in [-0.2, -0.15) is 0 Å². The molecule has 1 aliphatic rings. The molecule has 0 N–H and O–H groups in total. The first-order valence-electron chi connectivity index (χ1n) is 8.23. The van der Waals surface area contributed by atoms with Crippen LogP contribution in [0.3, 0.4) is 0 Å². The van der Waals surface area contributed by atoms with Gasteiger partial charge >= 0.3 is 0 Å². The van der Waals surface area contributed by atoms with Crippen molar-refractivity contribution in [2.24, 2.45) is 0 Å². The summed E-state index contributed by atoms with van der Waals surface area (Å²) < 4.78 is 35.7. The second-order valence-corrected chi connectivity index (χ2v) is 8.49. The lowest BCUT2D eigenvalue weighted by atomic mass is 10.2. The summed E-state index contributed by atoms with van der Waals surface area (Å²) in [5, 5.41) is 3.68. The maximum absolute atomic E-state index is 12.3. The number of amides is 1. The van der Waals surface area contributed by atoms with Gasteiger partial charge in [-0.05, 0) is 19.1 Å². The first-order valence-corrected chi connectivity index (χ1v) is 9.67. The number of hydrogen-bond donors (Lipinski definition) is 0. The molecule has 0 saturated carbocycles. The number of nitrogens with zero attached hydrogens (tertiary/aromatic N) is 4. The van der Waals surface area contributed by atoms with E-state index in [-0.39, 0.29) is 16.8 Å². The normalized spacial score (nSPS) is 16.4. The van der Waals surface area contributed by atoms with Gasteiger partial charge in [0.25, 0.3) is 15.9 Å². The Hall–Kier alpha value is -2.17. The molecule has 3 rings (SSSR count). The molecule has 1 amide bonds. The Morgan fingerprint density at radius 1 is 1.23 bits per heavy atom. The van der Waals surface area contributed by atoms with Crippen LogP contribution in [0.5, 0.6) is 0 Å². The summed E-state index contributed by atoms with van der Waals surface area (Å²) >= 11 is 0. The lowest BCUT2D eigenvalue weighted by molar-refractivity contribution is 0.0579. The Kier molecular flexibility index (Phi) is 5.17. The number of aromatic nitrogens is 1. The summed E-state index contributed by atoms with van der Waals surface area (Å²) in [5.74, 6) is 0.666. The predicted octanol–water partition coefficient (Wildman–Crippen LogP) is 0.784. The van der Waals surface area contributed by atoms with Gasteiger partial charge in [0.15, 0.2) is 0 Å². The Bertz CT molecular complexity index is 878. The number of piperazine rings is 1. The Morgan fingerprint density at radius 3 is 2.50 bits per heavy atom. The summed E-state index contributed by atoms with van der Waals surface area (Å²) in [7, 11) is -0.642. The minimum absolute atomic E-state index is 0.0630. The highest BCUT2D eigenvalue weighted by atomic mass is 32.2. The zero-order valence-corrected chi connectivity index (χ0v) is 15.8. The van der Waals surface area contributed by atoms with Gasteiger partial charge in [0.2, 0.25) is 10.9 Å². The summed E-state index contributed by atoms with van der Waals surface area (Å²) in [6.07, 6.45) is 0. The third-order valence-electron chi connectivity index (χ3n) is 4.25. The van der Waals surface area contributed by atoms with Crippen molar-refractivity contribution in [3.05, 3.63) is 35.4 Å². The molecule has 0 unspecified atom stereocenters. The van der Waals surface area contributed by atoms with Gasteiger partial charge in [-0.3, -0.25) is 9.69 Å². The fraction of sp³-hybridized carbons (Fsp3) is 0.500. The fourth-order valence-corrected chi connectivity index (χ4v) is 3.52. The molecule has 0 atom stereocenters. The number of rotatable bonds is 5. The van der Waals surface area contributed by atoms with E-state index in [4.69, 9.17) is 8.94 Å². The van der Waals surface area contributed by atoms with Crippen LogP contribution in [0.15, 0.2) is 32.2 Å². The lowest BCUT2D eigenvalue weighted by Crippen LogP contribution is -2.48. The smallest absolute Gasteiger partial charge is 0.292 e. The van der Waals surface area contributed by atoms with Gasteiger partial charge in [0.1, 0.15) is 5.76 Å². The molecule has 1 saturated heterocycles. The minimum atomic E-state index is -3.57. The number of furan rings is 1. The molecular formula is C16H22N4O5S. The molecule has 0 aliphatic carbocycles. The summed E-state index contributed by atoms with van der Waals surface area (Å²) in [5.41, 5.74) is 0.674. The molecule has 26 heavy (non-hydrogen) atoms. The third-order valence-corrected chi connectivity index (χ3v) is 5.94. The molecule has 9 nitrogen and oxygen atoms in total. The molecule has 2 aromatic heterocycles. The van der Waals surface area contributed by atoms with Crippen LogP contribution in [0, 0.1) is 6.92 Å². The number of aryl methyl sites for hydroxylation is 1. The van der Waals surface area contributed by atoms with Crippen LogP contribution in [0.2, 0.25) is 0 Å². The molecule has 1 fully saturated rings. The van der Waals surface area contributed by atoms with Crippen LogP contribution in [0.4, 0.5) is 0 Å². The zero-order valence-electron chi connectivity index (χ0n) is 15.0. The number of sulfonamides is 1. The second kappa shape index (κ2) is 7.22. The molecule has 0 aromatic carbocycles. The summed E-state index contributed by atoms with van der Waals surface area (Å²) in [6, 6.07) is 4.77. The van der Waals surface area contributed by atoms with Crippen molar-refractivity contribution in [2.45, 2.75) is 18.6 Å². The molecule has 0 radical (unpaired) electrons. The second-order valence-electron chi connectivity index (χ2n) is 6.41. The van der Waals surface area contributed by atoms with Crippen molar-refractivity contribution in [1.82, 2.24) is 19.3 Å². The van der Waals surface area contributed by atoms with E-state index in [0.717, 1.165) is 4.31 Å². The maximum atomic E-state index is 12.3. The molecular weight excluding hydrogens is 360 g/mol. The van der Waals surface area contributed by atoms with Gasteiger partial charge in [-0.15, -0.1) is 0 Å². The summed E-state index contributed by atoms with van der Waals surface area (Å²) in [6.45, 7) is 4.70. The molecule has 0 spiro atoms. The largest absolute Gasteiger partial charge is 0.447 e. The predicted molar refractivity (Wildman–Crippen MR) is 92.0 cm³/mol. The monoisotopic (exact) mass is 382 g/mol. The zero-order chi connectivity index (χ0) is 18.9. The lowest BCUT2D eigenvalue weighted by Gasteiger charge is -2.33. The van der Waals surface area contributed by atoms with Crippen LogP contribution in [-0.4, -0.2) is 73.9 Å². The first-order chi connectivity index (χ1) is 12.3. The third kappa shape index (κ3) is 3.81. The van der Waals surface area contributed by atoms with Crippen molar-refractivity contribution in [2.75, 3.05) is 40.3 Å². The molecule has 1 aliphatic heterocycles. The SMILES string of the molecule is Cc1cc(C(=O)N2CCN(Cc3ccc(S(=O)(=O)N(C)C)o3)CC2)on1. The first kappa shape index (κ1) is 18.6. The van der Waals surface area contributed by atoms with Crippen LogP contribution in [-0.2, 0) is 16.6 Å². The van der Waals surface area contributed by atoms with Crippen molar-refractivity contribution in [3.63, 3.8) is 0 Å². The highest BCUT2D eigenvalue weighted by Crippen LogP contribution is 2.19. The van der Waals surface area contributed by atoms with Gasteiger partial charge in [-0.1, -0.05) is 5.16 Å². The van der Waals surface area contributed by atoms with Crippen molar-refractivity contribution in [1.29, 1.82) is 0 Å². The highest BCUT2D eigenvalue weighted by Gasteiger charge is 2.26. The Labute approximate surface area is 152 Å². The van der Waals surface area contributed by atoms with Crippen LogP contribution in [0.1, 0.15) is 22.0 Å². The van der Waals surface area contributed by atoms with E-state index in [0.29, 0.717) is 44.2 Å². The van der Waals surface area contributed by atoms with Gasteiger partial charge in [-0.25, -0.2) is 12.7 Å². The Morgan fingerprint density at radius 2 is 1.92 bits per heavy atom. The Balaban J connectivity index is 1.56. The molecule has 2 aromatic rings. The van der Waals surface area contributed by atoms with Gasteiger partial charge in [0.05, 0.1) is 12.2 Å². The van der Waals surface area contributed by atoms with Gasteiger partial charge < -0.3 is 13.8 Å². The number of carbonyl (C=O) groups excluding carboxylic acids is 1. The standard InChI is InChI=1S/C16H22N4O5S/c1-12-10-14(25-17-12)16(21)20-8-6-19(7-9-20)11-13-4-5-15(24-13)26(22,23)18(2)3/h4-5,10H,6-9,11H2,1-3H3. The number of carbonyl (C=O) groups is 1. The van der Waals surface area contributed by atoms with E-state index in [1.807, 2.05) is 0 Å². The van der Waals surface area contributed by atoms with Gasteiger partial charge in [0, 0.05) is 46.3 Å². The van der Waals surface area contributed by atoms with Crippen molar-refractivity contribution in [3.8, 4) is 0 Å².